The topological polar surface area (TPSA) is 32.6 Å². The summed E-state index contributed by atoms with van der Waals surface area (Å²) in [5.74, 6) is -0.356. The van der Waals surface area contributed by atoms with E-state index < -0.39 is 11.7 Å². The number of benzene rings is 1. The first-order chi connectivity index (χ1) is 8.47. The van der Waals surface area contributed by atoms with Crippen LogP contribution in [-0.4, -0.2) is 16.3 Å². The van der Waals surface area contributed by atoms with Gasteiger partial charge in [-0.2, -0.15) is 13.2 Å². The van der Waals surface area contributed by atoms with E-state index >= 15 is 0 Å². The summed E-state index contributed by atoms with van der Waals surface area (Å²) < 4.78 is 37.8. The van der Waals surface area contributed by atoms with Gasteiger partial charge < -0.3 is 5.11 Å². The molecule has 0 aliphatic carbocycles. The predicted octanol–water partition coefficient (Wildman–Crippen LogP) is 3.75. The fourth-order valence-corrected chi connectivity index (χ4v) is 3.55. The molecule has 0 spiro atoms. The van der Waals surface area contributed by atoms with Crippen molar-refractivity contribution in [3.8, 4) is 0 Å². The Morgan fingerprint density at radius 2 is 2.06 bits per heavy atom. The summed E-state index contributed by atoms with van der Waals surface area (Å²) >= 11 is 1.33. The summed E-state index contributed by atoms with van der Waals surface area (Å²) in [6, 6.07) is 3.62. The number of hydrogen-bond donors (Lipinski definition) is 1. The first-order valence-corrected chi connectivity index (χ1v) is 6.16. The second kappa shape index (κ2) is 3.78. The van der Waals surface area contributed by atoms with Gasteiger partial charge in [-0.15, -0.1) is 11.8 Å². The minimum absolute atomic E-state index is 0.0338. The summed E-state index contributed by atoms with van der Waals surface area (Å²) in [5.41, 5.74) is 0.0522. The van der Waals surface area contributed by atoms with Crippen LogP contribution >= 0.6 is 11.8 Å². The van der Waals surface area contributed by atoms with Gasteiger partial charge in [0.25, 0.3) is 0 Å². The number of aliphatic hydroxyl groups is 1. The normalized spacial score (nSPS) is 25.6. The van der Waals surface area contributed by atoms with Gasteiger partial charge in [0.15, 0.2) is 5.90 Å². The molecule has 2 atom stereocenters. The van der Waals surface area contributed by atoms with Crippen LogP contribution in [0.4, 0.5) is 13.2 Å². The molecule has 1 aromatic carbocycles. The molecule has 94 valence electrons. The number of nitrogens with zero attached hydrogens (tertiary/aromatic N) is 1. The quantitative estimate of drug-likeness (QED) is 0.779. The minimum Gasteiger partial charge on any atom is -0.496 e. The minimum atomic E-state index is -4.34. The van der Waals surface area contributed by atoms with Crippen molar-refractivity contribution < 1.29 is 18.3 Å². The summed E-state index contributed by atoms with van der Waals surface area (Å²) in [6.07, 6.45) is -1.06. The van der Waals surface area contributed by atoms with Crippen LogP contribution in [0.15, 0.2) is 40.4 Å². The molecule has 0 saturated carbocycles. The molecule has 0 saturated heterocycles. The molecule has 0 amide bonds. The molecule has 2 unspecified atom stereocenters. The summed E-state index contributed by atoms with van der Waals surface area (Å²) in [6.45, 7) is 0. The molecule has 6 heteroatoms. The second-order valence-corrected chi connectivity index (χ2v) is 5.36. The molecule has 0 fully saturated rings. The van der Waals surface area contributed by atoms with E-state index in [9.17, 15) is 18.3 Å². The Balaban J connectivity index is 2.05. The zero-order valence-corrected chi connectivity index (χ0v) is 9.79. The maximum atomic E-state index is 12.6. The summed E-state index contributed by atoms with van der Waals surface area (Å²) in [4.78, 5) is 4.36. The zero-order chi connectivity index (χ0) is 12.9. The molecular formula is C12H8F3NOS. The van der Waals surface area contributed by atoms with Gasteiger partial charge in [-0.05, 0) is 17.7 Å². The number of alkyl halides is 3. The van der Waals surface area contributed by atoms with Crippen LogP contribution in [0, 0.1) is 0 Å². The smallest absolute Gasteiger partial charge is 0.416 e. The molecule has 2 heterocycles. The molecule has 0 bridgehead atoms. The Hall–Kier alpha value is -1.43. The Bertz CT molecular complexity index is 565. The Labute approximate surface area is 105 Å². The van der Waals surface area contributed by atoms with Crippen molar-refractivity contribution in [2.45, 2.75) is 22.2 Å². The number of aliphatic imine (C=N–C) groups is 1. The van der Waals surface area contributed by atoms with Crippen LogP contribution in [0.3, 0.4) is 0 Å². The highest BCUT2D eigenvalue weighted by Gasteiger charge is 2.39. The number of thioether (sulfide) groups is 1. The molecule has 18 heavy (non-hydrogen) atoms. The third-order valence-electron chi connectivity index (χ3n) is 3.03. The van der Waals surface area contributed by atoms with E-state index in [-0.39, 0.29) is 17.1 Å². The van der Waals surface area contributed by atoms with Crippen LogP contribution in [0.1, 0.15) is 17.0 Å². The predicted molar refractivity (Wildman–Crippen MR) is 63.0 cm³/mol. The van der Waals surface area contributed by atoms with E-state index in [1.807, 2.05) is 0 Å². The van der Waals surface area contributed by atoms with E-state index in [4.69, 9.17) is 0 Å². The van der Waals surface area contributed by atoms with Crippen molar-refractivity contribution in [3.63, 3.8) is 0 Å². The van der Waals surface area contributed by atoms with E-state index in [1.165, 1.54) is 24.0 Å². The van der Waals surface area contributed by atoms with Gasteiger partial charge in [-0.3, -0.25) is 0 Å². The van der Waals surface area contributed by atoms with Crippen LogP contribution in [-0.2, 0) is 6.18 Å². The average Bonchev–Trinajstić information content (AvgIpc) is 2.66. The summed E-state index contributed by atoms with van der Waals surface area (Å²) in [5, 5.41) is 9.65. The molecule has 1 aromatic rings. The SMILES string of the molecule is OC1=NC=CC2Sc3cc(C(F)(F)F)ccc3C12. The lowest BCUT2D eigenvalue weighted by atomic mass is 9.93. The molecule has 3 rings (SSSR count). The van der Waals surface area contributed by atoms with Crippen LogP contribution < -0.4 is 0 Å². The monoisotopic (exact) mass is 271 g/mol. The molecule has 0 radical (unpaired) electrons. The highest BCUT2D eigenvalue weighted by atomic mass is 32.2. The first kappa shape index (κ1) is 11.6. The van der Waals surface area contributed by atoms with Crippen molar-refractivity contribution in [2.24, 2.45) is 4.99 Å². The lowest BCUT2D eigenvalue weighted by molar-refractivity contribution is -0.137. The lowest BCUT2D eigenvalue weighted by Crippen LogP contribution is -2.20. The largest absolute Gasteiger partial charge is 0.496 e. The van der Waals surface area contributed by atoms with Crippen LogP contribution in [0.2, 0.25) is 0 Å². The van der Waals surface area contributed by atoms with Crippen molar-refractivity contribution in [1.82, 2.24) is 0 Å². The molecular weight excluding hydrogens is 263 g/mol. The van der Waals surface area contributed by atoms with Gasteiger partial charge in [0.2, 0.25) is 0 Å². The Morgan fingerprint density at radius 1 is 1.28 bits per heavy atom. The number of aliphatic hydroxyl groups excluding tert-OH is 1. The highest BCUT2D eigenvalue weighted by Crippen LogP contribution is 2.49. The highest BCUT2D eigenvalue weighted by molar-refractivity contribution is 8.00. The van der Waals surface area contributed by atoms with E-state index in [1.54, 1.807) is 6.08 Å². The average molecular weight is 271 g/mol. The second-order valence-electron chi connectivity index (χ2n) is 4.14. The molecule has 1 N–H and O–H groups in total. The van der Waals surface area contributed by atoms with Crippen LogP contribution in [0.25, 0.3) is 0 Å². The van der Waals surface area contributed by atoms with Crippen molar-refractivity contribution in [2.75, 3.05) is 0 Å². The van der Waals surface area contributed by atoms with Gasteiger partial charge in [-0.1, -0.05) is 12.1 Å². The molecule has 2 aliphatic heterocycles. The fraction of sp³-hybridized carbons (Fsp3) is 0.250. The summed E-state index contributed by atoms with van der Waals surface area (Å²) in [7, 11) is 0. The number of hydrogen-bond acceptors (Lipinski definition) is 2. The Morgan fingerprint density at radius 3 is 2.78 bits per heavy atom. The molecule has 2 nitrogen and oxygen atoms in total. The lowest BCUT2D eigenvalue weighted by Gasteiger charge is -2.17. The molecule has 2 aliphatic rings. The first-order valence-electron chi connectivity index (χ1n) is 5.28. The number of fused-ring (bicyclic) bond motifs is 3. The van der Waals surface area contributed by atoms with Gasteiger partial charge >= 0.3 is 6.18 Å². The number of rotatable bonds is 0. The van der Waals surface area contributed by atoms with Crippen molar-refractivity contribution in [1.29, 1.82) is 0 Å². The van der Waals surface area contributed by atoms with Gasteiger partial charge in [0.1, 0.15) is 0 Å². The van der Waals surface area contributed by atoms with Crippen molar-refractivity contribution >= 4 is 17.7 Å². The zero-order valence-electron chi connectivity index (χ0n) is 8.98. The maximum absolute atomic E-state index is 12.6. The van der Waals surface area contributed by atoms with Gasteiger partial charge in [0.05, 0.1) is 11.5 Å². The van der Waals surface area contributed by atoms with E-state index in [0.717, 1.165) is 12.1 Å². The van der Waals surface area contributed by atoms with Gasteiger partial charge in [-0.25, -0.2) is 4.99 Å². The van der Waals surface area contributed by atoms with E-state index in [2.05, 4.69) is 4.99 Å². The maximum Gasteiger partial charge on any atom is 0.416 e. The standard InChI is InChI=1S/C12H8F3NOS/c13-12(14,15)6-1-2-7-9(5-6)18-8-3-4-16-11(17)10(7)8/h1-5,8,10H,(H,16,17). The Kier molecular flexibility index (Phi) is 2.45. The fourth-order valence-electron chi connectivity index (χ4n) is 2.18. The van der Waals surface area contributed by atoms with E-state index in [0.29, 0.717) is 10.5 Å². The third-order valence-corrected chi connectivity index (χ3v) is 4.34. The number of halogens is 3. The van der Waals surface area contributed by atoms with Crippen molar-refractivity contribution in [3.05, 3.63) is 41.6 Å². The van der Waals surface area contributed by atoms with Crippen LogP contribution in [0.5, 0.6) is 0 Å². The third kappa shape index (κ3) is 1.71. The molecule has 0 aromatic heterocycles. The van der Waals surface area contributed by atoms with Gasteiger partial charge in [0, 0.05) is 16.3 Å².